The molecule has 2 heterocycles. The second-order valence-corrected chi connectivity index (χ2v) is 7.69. The number of carbonyl (C=O) groups is 1. The monoisotopic (exact) mass is 412 g/mol. The third-order valence-corrected chi connectivity index (χ3v) is 5.59. The Balaban J connectivity index is 1.51. The molecule has 2 aliphatic rings. The van der Waals surface area contributed by atoms with Gasteiger partial charge in [-0.25, -0.2) is 8.78 Å². The van der Waals surface area contributed by atoms with Crippen molar-refractivity contribution in [3.63, 3.8) is 0 Å². The minimum Gasteiger partial charge on any atom is -0.366 e. The van der Waals surface area contributed by atoms with Gasteiger partial charge in [-0.05, 0) is 55.3 Å². The Labute approximate surface area is 175 Å². The third kappa shape index (κ3) is 4.37. The SMILES string of the molecule is Cc1cc(NC(=O)c2ccc(C3=CCNCC3)c(F)c2)cc(F)c1N1CCNCC1. The Morgan fingerprint density at radius 3 is 2.50 bits per heavy atom. The molecule has 4 rings (SSSR count). The fourth-order valence-corrected chi connectivity index (χ4v) is 4.08. The van der Waals surface area contributed by atoms with Crippen LogP contribution in [0.25, 0.3) is 5.57 Å². The Morgan fingerprint density at radius 2 is 1.83 bits per heavy atom. The number of anilines is 2. The standard InChI is InChI=1S/C23H26F2N4O/c1-15-12-18(14-21(25)22(15)29-10-8-27-9-11-29)28-23(30)17-2-3-19(20(24)13-17)16-4-6-26-7-5-16/h2-4,12-14,26-27H,5-11H2,1H3,(H,28,30). The normalized spacial score (nSPS) is 16.9. The van der Waals surface area contributed by atoms with Crippen molar-refractivity contribution in [1.82, 2.24) is 10.6 Å². The van der Waals surface area contributed by atoms with E-state index in [0.717, 1.165) is 50.3 Å². The number of piperazine rings is 1. The van der Waals surface area contributed by atoms with Crippen LogP contribution in [0.5, 0.6) is 0 Å². The largest absolute Gasteiger partial charge is 0.366 e. The summed E-state index contributed by atoms with van der Waals surface area (Å²) in [6.45, 7) is 6.45. The van der Waals surface area contributed by atoms with E-state index in [0.29, 0.717) is 23.5 Å². The van der Waals surface area contributed by atoms with Gasteiger partial charge in [0.25, 0.3) is 5.91 Å². The van der Waals surface area contributed by atoms with Crippen LogP contribution in [-0.4, -0.2) is 45.2 Å². The number of benzene rings is 2. The van der Waals surface area contributed by atoms with Crippen LogP contribution < -0.4 is 20.9 Å². The predicted octanol–water partition coefficient (Wildman–Crippen LogP) is 3.31. The molecule has 1 saturated heterocycles. The first-order chi connectivity index (χ1) is 14.5. The smallest absolute Gasteiger partial charge is 0.255 e. The third-order valence-electron chi connectivity index (χ3n) is 5.59. The van der Waals surface area contributed by atoms with Crippen LogP contribution >= 0.6 is 0 Å². The maximum absolute atomic E-state index is 14.8. The Hall–Kier alpha value is -2.77. The number of hydrogen-bond donors (Lipinski definition) is 3. The fraction of sp³-hybridized carbons (Fsp3) is 0.348. The quantitative estimate of drug-likeness (QED) is 0.721. The molecular weight excluding hydrogens is 386 g/mol. The number of hydrogen-bond acceptors (Lipinski definition) is 4. The number of halogens is 2. The van der Waals surface area contributed by atoms with Gasteiger partial charge in [0.1, 0.15) is 11.6 Å². The van der Waals surface area contributed by atoms with Crippen molar-refractivity contribution >= 4 is 22.9 Å². The van der Waals surface area contributed by atoms with Gasteiger partial charge in [0.15, 0.2) is 0 Å². The first-order valence-corrected chi connectivity index (χ1v) is 10.3. The van der Waals surface area contributed by atoms with Crippen molar-refractivity contribution in [2.24, 2.45) is 0 Å². The summed E-state index contributed by atoms with van der Waals surface area (Å²) in [6.07, 6.45) is 2.72. The summed E-state index contributed by atoms with van der Waals surface area (Å²) in [4.78, 5) is 14.6. The molecule has 0 atom stereocenters. The second kappa shape index (κ2) is 8.93. The maximum Gasteiger partial charge on any atom is 0.255 e. The number of carbonyl (C=O) groups excluding carboxylic acids is 1. The molecule has 1 amide bonds. The van der Waals surface area contributed by atoms with Crippen molar-refractivity contribution < 1.29 is 13.6 Å². The number of amides is 1. The van der Waals surface area contributed by atoms with E-state index in [2.05, 4.69) is 16.0 Å². The highest BCUT2D eigenvalue weighted by Gasteiger charge is 2.19. The minimum absolute atomic E-state index is 0.204. The maximum atomic E-state index is 14.8. The first kappa shape index (κ1) is 20.5. The molecular formula is C23H26F2N4O. The molecule has 0 saturated carbocycles. The van der Waals surface area contributed by atoms with Crippen LogP contribution in [0.1, 0.15) is 27.9 Å². The zero-order valence-corrected chi connectivity index (χ0v) is 17.0. The molecule has 7 heteroatoms. The minimum atomic E-state index is -0.464. The van der Waals surface area contributed by atoms with Crippen molar-refractivity contribution in [3.8, 4) is 0 Å². The van der Waals surface area contributed by atoms with Crippen LogP contribution in [0, 0.1) is 18.6 Å². The van der Waals surface area contributed by atoms with Gasteiger partial charge < -0.3 is 20.9 Å². The Bertz CT molecular complexity index is 960. The van der Waals surface area contributed by atoms with Gasteiger partial charge in [-0.1, -0.05) is 12.1 Å². The van der Waals surface area contributed by atoms with Crippen molar-refractivity contribution in [1.29, 1.82) is 0 Å². The Kier molecular flexibility index (Phi) is 6.11. The molecule has 2 aromatic rings. The molecule has 0 aromatic heterocycles. The lowest BCUT2D eigenvalue weighted by molar-refractivity contribution is 0.102. The molecule has 2 aliphatic heterocycles. The van der Waals surface area contributed by atoms with Gasteiger partial charge in [-0.15, -0.1) is 0 Å². The van der Waals surface area contributed by atoms with Gasteiger partial charge in [0.2, 0.25) is 0 Å². The van der Waals surface area contributed by atoms with Gasteiger partial charge in [0.05, 0.1) is 5.69 Å². The zero-order valence-electron chi connectivity index (χ0n) is 17.0. The van der Waals surface area contributed by atoms with E-state index < -0.39 is 11.7 Å². The molecule has 2 aromatic carbocycles. The highest BCUT2D eigenvalue weighted by Crippen LogP contribution is 2.29. The van der Waals surface area contributed by atoms with E-state index in [9.17, 15) is 13.6 Å². The van der Waals surface area contributed by atoms with E-state index in [1.807, 2.05) is 17.9 Å². The predicted molar refractivity (Wildman–Crippen MR) is 116 cm³/mol. The molecule has 1 fully saturated rings. The number of nitrogens with zero attached hydrogens (tertiary/aromatic N) is 1. The lowest BCUT2D eigenvalue weighted by atomic mass is 9.98. The highest BCUT2D eigenvalue weighted by atomic mass is 19.1. The summed E-state index contributed by atoms with van der Waals surface area (Å²) in [5.74, 6) is -1.26. The molecule has 0 radical (unpaired) electrons. The summed E-state index contributed by atoms with van der Waals surface area (Å²) in [7, 11) is 0. The number of nitrogens with one attached hydrogen (secondary N) is 3. The van der Waals surface area contributed by atoms with E-state index in [4.69, 9.17) is 0 Å². The Morgan fingerprint density at radius 1 is 1.03 bits per heavy atom. The van der Waals surface area contributed by atoms with Crippen molar-refractivity contribution in [2.45, 2.75) is 13.3 Å². The van der Waals surface area contributed by atoms with E-state index in [1.54, 1.807) is 18.2 Å². The van der Waals surface area contributed by atoms with Crippen LogP contribution in [-0.2, 0) is 0 Å². The summed E-state index contributed by atoms with van der Waals surface area (Å²) < 4.78 is 29.4. The van der Waals surface area contributed by atoms with Crippen LogP contribution in [0.15, 0.2) is 36.4 Å². The molecule has 0 aliphatic carbocycles. The van der Waals surface area contributed by atoms with Gasteiger partial charge >= 0.3 is 0 Å². The zero-order chi connectivity index (χ0) is 21.1. The van der Waals surface area contributed by atoms with E-state index in [1.165, 1.54) is 12.1 Å². The summed E-state index contributed by atoms with van der Waals surface area (Å²) >= 11 is 0. The molecule has 30 heavy (non-hydrogen) atoms. The lowest BCUT2D eigenvalue weighted by Gasteiger charge is -2.31. The summed E-state index contributed by atoms with van der Waals surface area (Å²) in [5.41, 5.74) is 3.36. The fourth-order valence-electron chi connectivity index (χ4n) is 4.08. The van der Waals surface area contributed by atoms with Crippen LogP contribution in [0.3, 0.4) is 0 Å². The molecule has 3 N–H and O–H groups in total. The van der Waals surface area contributed by atoms with Crippen LogP contribution in [0.4, 0.5) is 20.2 Å². The van der Waals surface area contributed by atoms with Gasteiger partial charge in [-0.3, -0.25) is 4.79 Å². The summed E-state index contributed by atoms with van der Waals surface area (Å²) in [5, 5.41) is 9.14. The van der Waals surface area contributed by atoms with E-state index in [-0.39, 0.29) is 11.4 Å². The first-order valence-electron chi connectivity index (χ1n) is 10.3. The van der Waals surface area contributed by atoms with Gasteiger partial charge in [-0.2, -0.15) is 0 Å². The van der Waals surface area contributed by atoms with Crippen molar-refractivity contribution in [3.05, 3.63) is 64.7 Å². The number of aryl methyl sites for hydroxylation is 1. The topological polar surface area (TPSA) is 56.4 Å². The van der Waals surface area contributed by atoms with Crippen molar-refractivity contribution in [2.75, 3.05) is 49.5 Å². The van der Waals surface area contributed by atoms with E-state index >= 15 is 0 Å². The van der Waals surface area contributed by atoms with Crippen LogP contribution in [0.2, 0.25) is 0 Å². The second-order valence-electron chi connectivity index (χ2n) is 7.69. The molecule has 0 unspecified atom stereocenters. The average molecular weight is 412 g/mol. The lowest BCUT2D eigenvalue weighted by Crippen LogP contribution is -2.44. The molecule has 0 spiro atoms. The highest BCUT2D eigenvalue weighted by molar-refractivity contribution is 6.04. The average Bonchev–Trinajstić information content (AvgIpc) is 2.74. The molecule has 5 nitrogen and oxygen atoms in total. The van der Waals surface area contributed by atoms with Gasteiger partial charge in [0, 0.05) is 49.5 Å². The molecule has 158 valence electrons. The number of rotatable bonds is 4. The summed E-state index contributed by atoms with van der Waals surface area (Å²) in [6, 6.07) is 7.57. The molecule has 0 bridgehead atoms.